The molecule has 4 rings (SSSR count). The van der Waals surface area contributed by atoms with E-state index in [1.165, 1.54) is 32.3 Å². The quantitative estimate of drug-likeness (QED) is 0.364. The van der Waals surface area contributed by atoms with Crippen molar-refractivity contribution in [1.29, 1.82) is 0 Å². The van der Waals surface area contributed by atoms with Crippen molar-refractivity contribution in [2.45, 2.75) is 13.3 Å². The highest BCUT2D eigenvalue weighted by Gasteiger charge is 2.11. The van der Waals surface area contributed by atoms with Gasteiger partial charge in [0.05, 0.1) is 0 Å². The summed E-state index contributed by atoms with van der Waals surface area (Å²) in [5.41, 5.74) is 1.55. The van der Waals surface area contributed by atoms with Gasteiger partial charge in [-0.3, -0.25) is 0 Å². The van der Waals surface area contributed by atoms with E-state index in [-0.39, 0.29) is 0 Å². The fourth-order valence-corrected chi connectivity index (χ4v) is 4.42. The van der Waals surface area contributed by atoms with Crippen molar-refractivity contribution in [2.24, 2.45) is 0 Å². The Morgan fingerprint density at radius 3 is 2.26 bits per heavy atom. The number of hydrogen-bond acceptors (Lipinski definition) is 0. The normalized spacial score (nSPS) is 12.1. The molecule has 19 heavy (non-hydrogen) atoms. The van der Waals surface area contributed by atoms with Crippen molar-refractivity contribution >= 4 is 47.7 Å². The van der Waals surface area contributed by atoms with Gasteiger partial charge in [0, 0.05) is 10.2 Å². The van der Waals surface area contributed by atoms with Crippen molar-refractivity contribution in [1.82, 2.24) is 0 Å². The molecule has 0 aliphatic rings. The van der Waals surface area contributed by atoms with E-state index in [1.54, 1.807) is 10.8 Å². The molecule has 0 nitrogen and oxygen atoms in total. The molecule has 0 radical (unpaired) electrons. The first-order chi connectivity index (χ1) is 9.29. The molecule has 92 valence electrons. The van der Waals surface area contributed by atoms with E-state index in [0.29, 0.717) is 0 Å². The van der Waals surface area contributed by atoms with E-state index < -0.39 is 0 Å². The third-order valence-electron chi connectivity index (χ3n) is 4.34. The Morgan fingerprint density at radius 1 is 0.842 bits per heavy atom. The molecular weight excluding hydrogens is 244 g/mol. The van der Waals surface area contributed by atoms with Crippen LogP contribution in [0.25, 0.3) is 32.3 Å². The second-order valence-corrected chi connectivity index (χ2v) is 6.46. The van der Waals surface area contributed by atoms with Crippen LogP contribution < -0.4 is 5.19 Å². The number of hydrogen-bond donors (Lipinski definition) is 0. The summed E-state index contributed by atoms with van der Waals surface area (Å²) in [6, 6.07) is 18.2. The summed E-state index contributed by atoms with van der Waals surface area (Å²) >= 11 is 0. The van der Waals surface area contributed by atoms with Crippen LogP contribution in [-0.4, -0.2) is 10.2 Å². The summed E-state index contributed by atoms with van der Waals surface area (Å²) in [7, 11) is 1.13. The lowest BCUT2D eigenvalue weighted by atomic mass is 9.91. The van der Waals surface area contributed by atoms with Crippen LogP contribution in [0.5, 0.6) is 0 Å². The molecule has 1 heteroatoms. The van der Waals surface area contributed by atoms with Crippen LogP contribution in [0.3, 0.4) is 0 Å². The number of aryl methyl sites for hydroxylation is 1. The lowest BCUT2D eigenvalue weighted by Crippen LogP contribution is -2.10. The van der Waals surface area contributed by atoms with Gasteiger partial charge in [-0.15, -0.1) is 0 Å². The summed E-state index contributed by atoms with van der Waals surface area (Å²) in [6.07, 6.45) is 1.13. The maximum absolute atomic E-state index is 2.40. The summed E-state index contributed by atoms with van der Waals surface area (Å²) in [5, 5.41) is 10.0. The second kappa shape index (κ2) is 3.81. The fourth-order valence-electron chi connectivity index (χ4n) is 3.48. The Morgan fingerprint density at radius 2 is 1.53 bits per heavy atom. The minimum atomic E-state index is 1.13. The Bertz CT molecular complexity index is 890. The van der Waals surface area contributed by atoms with E-state index >= 15 is 0 Å². The maximum Gasteiger partial charge on any atom is 0.0389 e. The number of benzene rings is 4. The fraction of sp³-hybridized carbons (Fsp3) is 0.111. The zero-order chi connectivity index (χ0) is 13.0. The van der Waals surface area contributed by atoms with Crippen LogP contribution in [-0.2, 0) is 6.42 Å². The average molecular weight is 260 g/mol. The van der Waals surface area contributed by atoms with E-state index in [0.717, 1.165) is 16.7 Å². The van der Waals surface area contributed by atoms with E-state index in [4.69, 9.17) is 0 Å². The van der Waals surface area contributed by atoms with Crippen molar-refractivity contribution < 1.29 is 0 Å². The van der Waals surface area contributed by atoms with Gasteiger partial charge in [-0.05, 0) is 44.3 Å². The first-order valence-corrected chi connectivity index (χ1v) is 7.95. The van der Waals surface area contributed by atoms with Crippen molar-refractivity contribution in [3.05, 3.63) is 54.1 Å². The summed E-state index contributed by atoms with van der Waals surface area (Å²) in [6.45, 7) is 2.27. The van der Waals surface area contributed by atoms with E-state index in [1.807, 2.05) is 0 Å². The van der Waals surface area contributed by atoms with Crippen LogP contribution in [0.15, 0.2) is 48.5 Å². The molecule has 0 aliphatic heterocycles. The molecule has 0 N–H and O–H groups in total. The average Bonchev–Trinajstić information content (AvgIpc) is 2.44. The van der Waals surface area contributed by atoms with Crippen LogP contribution >= 0.6 is 0 Å². The van der Waals surface area contributed by atoms with Gasteiger partial charge in [0.1, 0.15) is 0 Å². The molecule has 0 unspecified atom stereocenters. The van der Waals surface area contributed by atoms with Gasteiger partial charge in [-0.2, -0.15) is 0 Å². The molecule has 4 aromatic carbocycles. The SMILES string of the molecule is CCc1c([SiH3])cc2ccc3cccc4ccc1c2c34. The Hall–Kier alpha value is -1.86. The predicted molar refractivity (Wildman–Crippen MR) is 89.1 cm³/mol. The molecule has 0 saturated heterocycles. The molecular formula is C18H16Si. The van der Waals surface area contributed by atoms with E-state index in [2.05, 4.69) is 55.5 Å². The smallest absolute Gasteiger partial charge is 0.0389 e. The molecule has 0 atom stereocenters. The third-order valence-corrected chi connectivity index (χ3v) is 5.23. The lowest BCUT2D eigenvalue weighted by molar-refractivity contribution is 1.17. The van der Waals surface area contributed by atoms with Crippen molar-refractivity contribution in [3.8, 4) is 0 Å². The predicted octanol–water partition coefficient (Wildman–Crippen LogP) is 3.14. The van der Waals surface area contributed by atoms with Crippen molar-refractivity contribution in [3.63, 3.8) is 0 Å². The number of rotatable bonds is 1. The topological polar surface area (TPSA) is 0 Å². The zero-order valence-electron chi connectivity index (χ0n) is 11.3. The molecule has 0 fully saturated rings. The molecule has 0 spiro atoms. The Kier molecular flexibility index (Phi) is 2.21. The van der Waals surface area contributed by atoms with Crippen LogP contribution in [0.1, 0.15) is 12.5 Å². The van der Waals surface area contributed by atoms with Gasteiger partial charge < -0.3 is 0 Å². The zero-order valence-corrected chi connectivity index (χ0v) is 13.3. The van der Waals surface area contributed by atoms with Crippen LogP contribution in [0.4, 0.5) is 0 Å². The first kappa shape index (κ1) is 11.0. The van der Waals surface area contributed by atoms with E-state index in [9.17, 15) is 0 Å². The second-order valence-electron chi connectivity index (χ2n) is 5.38. The molecule has 4 aromatic rings. The Labute approximate surface area is 115 Å². The molecule has 0 heterocycles. The Balaban J connectivity index is 2.39. The highest BCUT2D eigenvalue weighted by molar-refractivity contribution is 6.37. The highest BCUT2D eigenvalue weighted by Crippen LogP contribution is 2.35. The summed E-state index contributed by atoms with van der Waals surface area (Å²) in [4.78, 5) is 0. The highest BCUT2D eigenvalue weighted by atomic mass is 28.1. The maximum atomic E-state index is 2.40. The van der Waals surface area contributed by atoms with Gasteiger partial charge in [0.25, 0.3) is 0 Å². The van der Waals surface area contributed by atoms with Gasteiger partial charge in [0.2, 0.25) is 0 Å². The van der Waals surface area contributed by atoms with Crippen LogP contribution in [0.2, 0.25) is 0 Å². The van der Waals surface area contributed by atoms with Gasteiger partial charge >= 0.3 is 0 Å². The lowest BCUT2D eigenvalue weighted by Gasteiger charge is -2.15. The van der Waals surface area contributed by atoms with Gasteiger partial charge in [0.15, 0.2) is 0 Å². The third kappa shape index (κ3) is 1.39. The first-order valence-electron chi connectivity index (χ1n) is 6.95. The molecule has 0 aliphatic carbocycles. The molecule has 0 saturated carbocycles. The van der Waals surface area contributed by atoms with Gasteiger partial charge in [-0.25, -0.2) is 0 Å². The molecule has 0 bridgehead atoms. The minimum Gasteiger partial charge on any atom is -0.0664 e. The largest absolute Gasteiger partial charge is 0.0664 e. The van der Waals surface area contributed by atoms with Crippen LogP contribution in [0, 0.1) is 0 Å². The molecule has 0 amide bonds. The summed E-state index contributed by atoms with van der Waals surface area (Å²) < 4.78 is 0. The van der Waals surface area contributed by atoms with Crippen molar-refractivity contribution in [2.75, 3.05) is 0 Å². The molecule has 0 aromatic heterocycles. The van der Waals surface area contributed by atoms with Gasteiger partial charge in [-0.1, -0.05) is 60.6 Å². The monoisotopic (exact) mass is 260 g/mol. The summed E-state index contributed by atoms with van der Waals surface area (Å²) in [5.74, 6) is 0. The standard InChI is InChI=1S/C18H16Si/c1-2-14-15-9-8-12-5-3-4-11-6-7-13(10-16(14)19)18(15)17(11)12/h3-10H,2H2,1,19H3. The minimum absolute atomic E-state index is 1.13.